The number of rotatable bonds is 5. The van der Waals surface area contributed by atoms with Crippen molar-refractivity contribution in [2.45, 2.75) is 6.92 Å². The van der Waals surface area contributed by atoms with Gasteiger partial charge in [-0.15, -0.1) is 5.10 Å². The lowest BCUT2D eigenvalue weighted by Crippen LogP contribution is -2.23. The first-order chi connectivity index (χ1) is 14.1. The van der Waals surface area contributed by atoms with Gasteiger partial charge in [0.1, 0.15) is 11.5 Å². The van der Waals surface area contributed by atoms with E-state index in [4.69, 9.17) is 9.47 Å². The Labute approximate surface area is 171 Å². The Balaban J connectivity index is 1.68. The van der Waals surface area contributed by atoms with Gasteiger partial charge < -0.3 is 9.47 Å². The Morgan fingerprint density at radius 2 is 1.83 bits per heavy atom. The van der Waals surface area contributed by atoms with Crippen LogP contribution in [0.1, 0.15) is 22.5 Å². The van der Waals surface area contributed by atoms with Gasteiger partial charge in [0.2, 0.25) is 4.96 Å². The monoisotopic (exact) mass is 405 g/mol. The zero-order valence-electron chi connectivity index (χ0n) is 16.2. The van der Waals surface area contributed by atoms with Gasteiger partial charge in [-0.05, 0) is 36.8 Å². The van der Waals surface area contributed by atoms with E-state index in [9.17, 15) is 4.79 Å². The molecule has 0 atom stereocenters. The normalized spacial score (nSPS) is 12.2. The van der Waals surface area contributed by atoms with Crippen molar-refractivity contribution >= 4 is 34.5 Å². The number of aryl methyl sites for hydroxylation is 1. The van der Waals surface area contributed by atoms with E-state index in [0.29, 0.717) is 26.8 Å². The minimum Gasteiger partial charge on any atom is -0.497 e. The lowest BCUT2D eigenvalue weighted by molar-refractivity contribution is 0.393. The van der Waals surface area contributed by atoms with Crippen LogP contribution in [-0.4, -0.2) is 28.8 Å². The first-order valence-corrected chi connectivity index (χ1v) is 9.77. The number of benzene rings is 2. The number of nitrogens with zero attached hydrogens (tertiary/aromatic N) is 3. The van der Waals surface area contributed by atoms with Crippen molar-refractivity contribution in [2.75, 3.05) is 14.2 Å². The van der Waals surface area contributed by atoms with Crippen molar-refractivity contribution < 1.29 is 9.47 Å². The van der Waals surface area contributed by atoms with Crippen molar-refractivity contribution in [3.05, 3.63) is 79.9 Å². The average Bonchev–Trinajstić information content (AvgIpc) is 3.26. The summed E-state index contributed by atoms with van der Waals surface area (Å²) in [6.07, 6.45) is 5.52. The predicted octanol–water partition coefficient (Wildman–Crippen LogP) is 3.19. The number of methoxy groups -OCH3 is 2. The molecule has 4 rings (SSSR count). The molecule has 0 unspecified atom stereocenters. The van der Waals surface area contributed by atoms with Gasteiger partial charge in [-0.25, -0.2) is 0 Å². The first kappa shape index (κ1) is 18.9. The molecule has 2 heterocycles. The van der Waals surface area contributed by atoms with E-state index in [-0.39, 0.29) is 5.56 Å². The summed E-state index contributed by atoms with van der Waals surface area (Å²) in [5.74, 6) is 1.82. The van der Waals surface area contributed by atoms with Crippen molar-refractivity contribution in [1.29, 1.82) is 0 Å². The van der Waals surface area contributed by atoms with Crippen LogP contribution >= 0.6 is 11.3 Å². The van der Waals surface area contributed by atoms with Crippen molar-refractivity contribution in [1.82, 2.24) is 14.6 Å². The summed E-state index contributed by atoms with van der Waals surface area (Å²) in [4.78, 5) is 17.7. The lowest BCUT2D eigenvalue weighted by Gasteiger charge is -2.06. The second-order valence-electron chi connectivity index (χ2n) is 6.43. The topological polar surface area (TPSA) is 65.7 Å². The molecule has 7 heteroatoms. The second kappa shape index (κ2) is 7.89. The van der Waals surface area contributed by atoms with Crippen LogP contribution in [0.2, 0.25) is 0 Å². The molecule has 0 aliphatic rings. The van der Waals surface area contributed by atoms with Crippen LogP contribution in [0.5, 0.6) is 11.5 Å². The molecule has 0 spiro atoms. The molecule has 0 radical (unpaired) electrons. The summed E-state index contributed by atoms with van der Waals surface area (Å²) in [5, 5.41) is 4.32. The fraction of sp³-hybridized carbons (Fsp3) is 0.136. The van der Waals surface area contributed by atoms with E-state index >= 15 is 0 Å². The van der Waals surface area contributed by atoms with E-state index in [1.54, 1.807) is 32.4 Å². The molecule has 4 aromatic rings. The highest BCUT2D eigenvalue weighted by atomic mass is 32.1. The van der Waals surface area contributed by atoms with Gasteiger partial charge in [-0.2, -0.15) is 9.50 Å². The van der Waals surface area contributed by atoms with Gasteiger partial charge in [0.15, 0.2) is 5.82 Å². The smallest absolute Gasteiger partial charge is 0.291 e. The number of hydrogen-bond donors (Lipinski definition) is 0. The third-order valence-electron chi connectivity index (χ3n) is 4.43. The van der Waals surface area contributed by atoms with E-state index in [0.717, 1.165) is 11.1 Å². The van der Waals surface area contributed by atoms with Gasteiger partial charge >= 0.3 is 0 Å². The molecular weight excluding hydrogens is 386 g/mol. The molecule has 2 aromatic carbocycles. The number of thiazole rings is 1. The SMILES string of the molecule is COc1ccc(C=c2sc3nc(C=Cc4ccc(C)cc4)nn3c2=O)c(OC)c1. The molecule has 0 fully saturated rings. The van der Waals surface area contributed by atoms with Gasteiger partial charge in [0.05, 0.1) is 18.8 Å². The fourth-order valence-corrected chi connectivity index (χ4v) is 3.75. The van der Waals surface area contributed by atoms with Crippen LogP contribution in [0.25, 0.3) is 23.2 Å². The van der Waals surface area contributed by atoms with Crippen molar-refractivity contribution in [2.24, 2.45) is 0 Å². The summed E-state index contributed by atoms with van der Waals surface area (Å²) in [5.41, 5.74) is 2.84. The zero-order valence-corrected chi connectivity index (χ0v) is 17.1. The van der Waals surface area contributed by atoms with Crippen LogP contribution < -0.4 is 19.6 Å². The first-order valence-electron chi connectivity index (χ1n) is 8.95. The molecule has 0 aliphatic heterocycles. The molecule has 0 saturated carbocycles. The van der Waals surface area contributed by atoms with Crippen LogP contribution in [0, 0.1) is 6.92 Å². The molecule has 6 nitrogen and oxygen atoms in total. The standard InChI is InChI=1S/C22H19N3O3S/c1-14-4-6-15(7-5-14)8-11-20-23-22-25(24-20)21(26)19(29-22)12-16-9-10-17(27-2)13-18(16)28-3/h4-13H,1-3H3. The maximum Gasteiger partial charge on any atom is 0.291 e. The molecule has 0 N–H and O–H groups in total. The highest BCUT2D eigenvalue weighted by Crippen LogP contribution is 2.25. The van der Waals surface area contributed by atoms with Crippen molar-refractivity contribution in [3.8, 4) is 11.5 Å². The Bertz CT molecular complexity index is 1300. The average molecular weight is 405 g/mol. The number of ether oxygens (including phenoxy) is 2. The summed E-state index contributed by atoms with van der Waals surface area (Å²) in [6.45, 7) is 2.05. The molecular formula is C22H19N3O3S. The third kappa shape index (κ3) is 3.90. The van der Waals surface area contributed by atoms with Gasteiger partial charge in [0.25, 0.3) is 5.56 Å². The molecule has 0 aliphatic carbocycles. The number of aromatic nitrogens is 3. The lowest BCUT2D eigenvalue weighted by atomic mass is 10.1. The van der Waals surface area contributed by atoms with Crippen LogP contribution in [-0.2, 0) is 0 Å². The summed E-state index contributed by atoms with van der Waals surface area (Å²) in [7, 11) is 3.18. The minimum atomic E-state index is -0.203. The van der Waals surface area contributed by atoms with Gasteiger partial charge in [0, 0.05) is 11.6 Å². The highest BCUT2D eigenvalue weighted by Gasteiger charge is 2.10. The Hall–Kier alpha value is -3.45. The molecule has 0 saturated heterocycles. The molecule has 0 bridgehead atoms. The predicted molar refractivity (Wildman–Crippen MR) is 116 cm³/mol. The Kier molecular flexibility index (Phi) is 5.14. The van der Waals surface area contributed by atoms with Gasteiger partial charge in [-0.1, -0.05) is 47.2 Å². The van der Waals surface area contributed by atoms with Crippen LogP contribution in [0.3, 0.4) is 0 Å². The van der Waals surface area contributed by atoms with Crippen LogP contribution in [0.4, 0.5) is 0 Å². The minimum absolute atomic E-state index is 0.203. The number of fused-ring (bicyclic) bond motifs is 1. The molecule has 0 amide bonds. The maximum absolute atomic E-state index is 12.7. The van der Waals surface area contributed by atoms with Gasteiger partial charge in [-0.3, -0.25) is 4.79 Å². The molecule has 2 aromatic heterocycles. The second-order valence-corrected chi connectivity index (χ2v) is 7.44. The molecule has 146 valence electrons. The maximum atomic E-state index is 12.7. The molecule has 29 heavy (non-hydrogen) atoms. The van der Waals surface area contributed by atoms with Crippen molar-refractivity contribution in [3.63, 3.8) is 0 Å². The quantitative estimate of drug-likeness (QED) is 0.510. The fourth-order valence-electron chi connectivity index (χ4n) is 2.85. The van der Waals surface area contributed by atoms with E-state index in [1.165, 1.54) is 21.4 Å². The van der Waals surface area contributed by atoms with E-state index in [2.05, 4.69) is 10.1 Å². The summed E-state index contributed by atoms with van der Waals surface area (Å²) < 4.78 is 12.5. The Morgan fingerprint density at radius 3 is 2.52 bits per heavy atom. The third-order valence-corrected chi connectivity index (χ3v) is 5.39. The largest absolute Gasteiger partial charge is 0.497 e. The Morgan fingerprint density at radius 1 is 1.03 bits per heavy atom. The number of hydrogen-bond acceptors (Lipinski definition) is 6. The highest BCUT2D eigenvalue weighted by molar-refractivity contribution is 7.15. The summed E-state index contributed by atoms with van der Waals surface area (Å²) >= 11 is 1.29. The summed E-state index contributed by atoms with van der Waals surface area (Å²) in [6, 6.07) is 13.6. The van der Waals surface area contributed by atoms with Crippen LogP contribution in [0.15, 0.2) is 47.3 Å². The van der Waals surface area contributed by atoms with E-state index < -0.39 is 0 Å². The van der Waals surface area contributed by atoms with E-state index in [1.807, 2.05) is 49.4 Å². The zero-order chi connectivity index (χ0) is 20.4.